The Morgan fingerprint density at radius 3 is 2.54 bits per heavy atom. The highest BCUT2D eigenvalue weighted by molar-refractivity contribution is 7.13. The highest BCUT2D eigenvalue weighted by atomic mass is 32.1. The number of carbonyl (C=O) groups is 1. The molecule has 2 heterocycles. The monoisotopic (exact) mass is 370 g/mol. The molecule has 0 aliphatic rings. The highest BCUT2D eigenvalue weighted by Crippen LogP contribution is 2.32. The van der Waals surface area contributed by atoms with Crippen molar-refractivity contribution >= 4 is 17.2 Å². The van der Waals surface area contributed by atoms with Crippen molar-refractivity contribution in [3.8, 4) is 22.1 Å². The van der Waals surface area contributed by atoms with Crippen LogP contribution in [0.2, 0.25) is 0 Å². The lowest BCUT2D eigenvalue weighted by Gasteiger charge is -2.07. The molecule has 0 spiro atoms. The van der Waals surface area contributed by atoms with E-state index in [2.05, 4.69) is 16.4 Å². The summed E-state index contributed by atoms with van der Waals surface area (Å²) < 4.78 is 0. The van der Waals surface area contributed by atoms with Crippen LogP contribution in [0.3, 0.4) is 0 Å². The van der Waals surface area contributed by atoms with Gasteiger partial charge in [0, 0.05) is 11.4 Å². The van der Waals surface area contributed by atoms with E-state index in [1.165, 1.54) is 4.88 Å². The van der Waals surface area contributed by atoms with Crippen LogP contribution >= 0.6 is 11.3 Å². The fraction of sp³-hybridized carbons (Fsp3) is 0.250. The van der Waals surface area contributed by atoms with E-state index in [-0.39, 0.29) is 23.1 Å². The summed E-state index contributed by atoms with van der Waals surface area (Å²) in [4.78, 5) is 16.3. The molecule has 5 nitrogen and oxygen atoms in total. The highest BCUT2D eigenvalue weighted by Gasteiger charge is 2.23. The normalized spacial score (nSPS) is 11.0. The van der Waals surface area contributed by atoms with Gasteiger partial charge in [-0.1, -0.05) is 44.2 Å². The predicted molar refractivity (Wildman–Crippen MR) is 104 cm³/mol. The van der Waals surface area contributed by atoms with Gasteiger partial charge in [0.05, 0.1) is 5.69 Å². The minimum absolute atomic E-state index is 0.101. The first kappa shape index (κ1) is 18.1. The van der Waals surface area contributed by atoms with Crippen LogP contribution in [0.15, 0.2) is 41.8 Å². The number of thiophene rings is 1. The summed E-state index contributed by atoms with van der Waals surface area (Å²) >= 11 is 1.68. The Morgan fingerprint density at radius 2 is 1.92 bits per heavy atom. The second-order valence-corrected chi connectivity index (χ2v) is 7.58. The maximum Gasteiger partial charge on any atom is 0.260 e. The number of rotatable bonds is 6. The predicted octanol–water partition coefficient (Wildman–Crippen LogP) is 4.28. The molecule has 4 N–H and O–H groups in total. The quantitative estimate of drug-likeness (QED) is 0.522. The zero-order valence-corrected chi connectivity index (χ0v) is 15.6. The molecule has 136 valence electrons. The van der Waals surface area contributed by atoms with Gasteiger partial charge in [-0.15, -0.1) is 11.3 Å². The van der Waals surface area contributed by atoms with Crippen molar-refractivity contribution in [3.63, 3.8) is 0 Å². The summed E-state index contributed by atoms with van der Waals surface area (Å²) in [5.41, 5.74) is 2.45. The average Bonchev–Trinajstić information content (AvgIpc) is 3.22. The zero-order chi connectivity index (χ0) is 18.7. The number of aromatic amines is 1. The minimum atomic E-state index is -0.506. The van der Waals surface area contributed by atoms with E-state index in [0.717, 1.165) is 11.1 Å². The van der Waals surface area contributed by atoms with Gasteiger partial charge in [-0.25, -0.2) is 0 Å². The molecular formula is C20H22N2O3S. The summed E-state index contributed by atoms with van der Waals surface area (Å²) in [5.74, 6) is -0.698. The molecule has 0 fully saturated rings. The van der Waals surface area contributed by atoms with Crippen LogP contribution in [0.4, 0.5) is 0 Å². The molecule has 6 heteroatoms. The van der Waals surface area contributed by atoms with Crippen molar-refractivity contribution < 1.29 is 15.0 Å². The first-order valence-electron chi connectivity index (χ1n) is 8.49. The van der Waals surface area contributed by atoms with Crippen LogP contribution in [0, 0.1) is 5.92 Å². The number of carbonyl (C=O) groups excluding carboxylic acids is 1. The van der Waals surface area contributed by atoms with Crippen molar-refractivity contribution in [2.45, 2.75) is 26.8 Å². The molecule has 3 aromatic rings. The number of aromatic hydroxyl groups is 2. The number of amides is 1. The Hall–Kier alpha value is -2.73. The fourth-order valence-corrected chi connectivity index (χ4v) is 3.53. The van der Waals surface area contributed by atoms with Gasteiger partial charge >= 0.3 is 0 Å². The number of benzene rings is 1. The molecule has 2 aromatic heterocycles. The second-order valence-electron chi connectivity index (χ2n) is 6.63. The van der Waals surface area contributed by atoms with E-state index in [9.17, 15) is 15.0 Å². The largest absolute Gasteiger partial charge is 0.505 e. The first-order chi connectivity index (χ1) is 12.5. The molecule has 1 aromatic carbocycles. The maximum absolute atomic E-state index is 12.4. The molecule has 0 bridgehead atoms. The molecular weight excluding hydrogens is 348 g/mol. The molecule has 0 atom stereocenters. The van der Waals surface area contributed by atoms with Gasteiger partial charge < -0.3 is 20.5 Å². The molecule has 0 aliphatic heterocycles. The Bertz CT molecular complexity index is 881. The Balaban J connectivity index is 1.66. The van der Waals surface area contributed by atoms with Gasteiger partial charge in [0.2, 0.25) is 5.88 Å². The van der Waals surface area contributed by atoms with Crippen LogP contribution in [0.25, 0.3) is 10.4 Å². The lowest BCUT2D eigenvalue weighted by molar-refractivity contribution is 0.0945. The smallest absolute Gasteiger partial charge is 0.260 e. The van der Waals surface area contributed by atoms with Gasteiger partial charge in [-0.3, -0.25) is 4.79 Å². The van der Waals surface area contributed by atoms with E-state index in [1.807, 2.05) is 49.6 Å². The topological polar surface area (TPSA) is 85.3 Å². The average molecular weight is 370 g/mol. The number of hydrogen-bond acceptors (Lipinski definition) is 4. The van der Waals surface area contributed by atoms with Gasteiger partial charge in [0.15, 0.2) is 5.75 Å². The van der Waals surface area contributed by atoms with Crippen molar-refractivity contribution in [2.75, 3.05) is 0 Å². The standard InChI is InChI=1S/C20H22N2O3S/c1-12(2)10-15-18(23)17(20(25)22-15)19(24)21-11-13-5-7-14(8-6-13)16-4-3-9-26-16/h3-9,12,22-23,25H,10-11H2,1-2H3,(H,21,24). The number of aromatic nitrogens is 1. The molecule has 0 unspecified atom stereocenters. The van der Waals surface area contributed by atoms with Crippen LogP contribution in [-0.2, 0) is 13.0 Å². The summed E-state index contributed by atoms with van der Waals surface area (Å²) in [6.45, 7) is 4.31. The third-order valence-electron chi connectivity index (χ3n) is 4.08. The van der Waals surface area contributed by atoms with Crippen LogP contribution in [-0.4, -0.2) is 21.1 Å². The van der Waals surface area contributed by atoms with E-state index in [1.54, 1.807) is 11.3 Å². The third-order valence-corrected chi connectivity index (χ3v) is 5.00. The molecule has 1 amide bonds. The number of nitrogens with one attached hydrogen (secondary N) is 2. The van der Waals surface area contributed by atoms with E-state index >= 15 is 0 Å². The Morgan fingerprint density at radius 1 is 1.19 bits per heavy atom. The van der Waals surface area contributed by atoms with Gasteiger partial charge in [-0.2, -0.15) is 0 Å². The number of hydrogen-bond donors (Lipinski definition) is 4. The fourth-order valence-electron chi connectivity index (χ4n) is 2.80. The van der Waals surface area contributed by atoms with Crippen molar-refractivity contribution in [3.05, 3.63) is 58.6 Å². The van der Waals surface area contributed by atoms with E-state index < -0.39 is 5.91 Å². The molecule has 0 radical (unpaired) electrons. The molecule has 0 saturated heterocycles. The lowest BCUT2D eigenvalue weighted by Crippen LogP contribution is -2.22. The van der Waals surface area contributed by atoms with Crippen molar-refractivity contribution in [1.29, 1.82) is 0 Å². The third kappa shape index (κ3) is 3.91. The second kappa shape index (κ2) is 7.66. The van der Waals surface area contributed by atoms with Crippen LogP contribution < -0.4 is 5.32 Å². The molecule has 0 aliphatic carbocycles. The molecule has 3 rings (SSSR count). The summed E-state index contributed by atoms with van der Waals surface area (Å²) in [7, 11) is 0. The van der Waals surface area contributed by atoms with Crippen LogP contribution in [0.5, 0.6) is 11.6 Å². The van der Waals surface area contributed by atoms with Gasteiger partial charge in [-0.05, 0) is 34.9 Å². The molecule has 26 heavy (non-hydrogen) atoms. The summed E-state index contributed by atoms with van der Waals surface area (Å²) in [6, 6.07) is 12.0. The van der Waals surface area contributed by atoms with Gasteiger partial charge in [0.1, 0.15) is 5.56 Å². The number of H-pyrrole nitrogens is 1. The SMILES string of the molecule is CC(C)Cc1[nH]c(O)c(C(=O)NCc2ccc(-c3cccs3)cc2)c1O. The zero-order valence-electron chi connectivity index (χ0n) is 14.7. The van der Waals surface area contributed by atoms with E-state index in [4.69, 9.17) is 0 Å². The Labute approximate surface area is 156 Å². The van der Waals surface area contributed by atoms with Crippen molar-refractivity contribution in [1.82, 2.24) is 10.3 Å². The molecule has 0 saturated carbocycles. The van der Waals surface area contributed by atoms with Crippen molar-refractivity contribution in [2.24, 2.45) is 5.92 Å². The first-order valence-corrected chi connectivity index (χ1v) is 9.37. The van der Waals surface area contributed by atoms with Gasteiger partial charge in [0.25, 0.3) is 5.91 Å². The summed E-state index contributed by atoms with van der Waals surface area (Å²) in [6.07, 6.45) is 0.552. The minimum Gasteiger partial charge on any atom is -0.505 e. The van der Waals surface area contributed by atoms with E-state index in [0.29, 0.717) is 18.7 Å². The maximum atomic E-state index is 12.4. The lowest BCUT2D eigenvalue weighted by atomic mass is 10.1. The Kier molecular flexibility index (Phi) is 5.32. The van der Waals surface area contributed by atoms with Crippen LogP contribution in [0.1, 0.15) is 35.5 Å². The summed E-state index contributed by atoms with van der Waals surface area (Å²) in [5, 5.41) is 25.0.